The highest BCUT2D eigenvalue weighted by atomic mass is 32.2. The quantitative estimate of drug-likeness (QED) is 0.642. The number of esters is 1. The van der Waals surface area contributed by atoms with E-state index in [0.29, 0.717) is 5.69 Å². The summed E-state index contributed by atoms with van der Waals surface area (Å²) in [5.41, 5.74) is 2.58. The number of ether oxygens (including phenoxy) is 1. The van der Waals surface area contributed by atoms with Crippen LogP contribution in [0.3, 0.4) is 0 Å². The van der Waals surface area contributed by atoms with E-state index < -0.39 is 34.5 Å². The molecule has 7 nitrogen and oxygen atoms in total. The van der Waals surface area contributed by atoms with Crippen molar-refractivity contribution in [1.29, 1.82) is 0 Å². The molecule has 0 aromatic heterocycles. The fourth-order valence-electron chi connectivity index (χ4n) is 2.59. The van der Waals surface area contributed by atoms with Gasteiger partial charge in [-0.1, -0.05) is 44.2 Å². The summed E-state index contributed by atoms with van der Waals surface area (Å²) in [6.07, 6.45) is 0. The zero-order valence-corrected chi connectivity index (χ0v) is 17.7. The first-order valence-corrected chi connectivity index (χ1v) is 10.7. The number of anilines is 1. The van der Waals surface area contributed by atoms with E-state index in [1.807, 2.05) is 26.0 Å². The Morgan fingerprint density at radius 3 is 2.28 bits per heavy atom. The van der Waals surface area contributed by atoms with Crippen molar-refractivity contribution in [1.82, 2.24) is 4.72 Å². The lowest BCUT2D eigenvalue weighted by Gasteiger charge is -2.20. The van der Waals surface area contributed by atoms with Gasteiger partial charge in [0, 0.05) is 5.69 Å². The number of hydrogen-bond donors (Lipinski definition) is 2. The Bertz CT molecular complexity index is 972. The molecule has 2 N–H and O–H groups in total. The molecule has 1 unspecified atom stereocenters. The average molecular weight is 419 g/mol. The van der Waals surface area contributed by atoms with Gasteiger partial charge in [0.25, 0.3) is 5.91 Å². The minimum atomic E-state index is -3.90. The molecule has 0 saturated heterocycles. The molecule has 29 heavy (non-hydrogen) atoms. The van der Waals surface area contributed by atoms with E-state index >= 15 is 0 Å². The first-order chi connectivity index (χ1) is 13.6. The van der Waals surface area contributed by atoms with E-state index in [1.54, 1.807) is 38.1 Å². The maximum Gasteiger partial charge on any atom is 0.324 e. The lowest BCUT2D eigenvalue weighted by atomic mass is 10.1. The number of aryl methyl sites for hydroxylation is 1. The van der Waals surface area contributed by atoms with Crippen LogP contribution in [0.2, 0.25) is 0 Å². The van der Waals surface area contributed by atoms with Crippen molar-refractivity contribution in [2.45, 2.75) is 38.6 Å². The lowest BCUT2D eigenvalue weighted by Crippen LogP contribution is -2.45. The zero-order chi connectivity index (χ0) is 21.6. The van der Waals surface area contributed by atoms with Gasteiger partial charge in [0.1, 0.15) is 6.04 Å². The van der Waals surface area contributed by atoms with Crippen LogP contribution in [0.1, 0.15) is 25.0 Å². The highest BCUT2D eigenvalue weighted by Gasteiger charge is 2.30. The number of hydrogen-bond acceptors (Lipinski definition) is 5. The van der Waals surface area contributed by atoms with Gasteiger partial charge < -0.3 is 10.1 Å². The Labute approximate surface area is 171 Å². The van der Waals surface area contributed by atoms with Gasteiger partial charge in [-0.25, -0.2) is 8.42 Å². The van der Waals surface area contributed by atoms with E-state index in [4.69, 9.17) is 4.74 Å². The third-order valence-corrected chi connectivity index (χ3v) is 5.94. The average Bonchev–Trinajstić information content (AvgIpc) is 2.68. The molecule has 0 spiro atoms. The Morgan fingerprint density at radius 1 is 1.00 bits per heavy atom. The second kappa shape index (κ2) is 9.67. The van der Waals surface area contributed by atoms with Crippen LogP contribution in [0.5, 0.6) is 0 Å². The van der Waals surface area contributed by atoms with Gasteiger partial charge in [0.05, 0.1) is 4.90 Å². The SMILES string of the molecule is Cc1cccc(NC(=O)COC(=O)C(NS(=O)(=O)c2ccccc2)C(C)C)c1C. The van der Waals surface area contributed by atoms with Crippen LogP contribution in [0, 0.1) is 19.8 Å². The summed E-state index contributed by atoms with van der Waals surface area (Å²) >= 11 is 0. The number of nitrogens with one attached hydrogen (secondary N) is 2. The molecule has 0 aliphatic heterocycles. The van der Waals surface area contributed by atoms with Gasteiger partial charge in [-0.2, -0.15) is 4.72 Å². The zero-order valence-electron chi connectivity index (χ0n) is 16.9. The van der Waals surface area contributed by atoms with Crippen molar-refractivity contribution in [3.05, 3.63) is 59.7 Å². The van der Waals surface area contributed by atoms with Crippen molar-refractivity contribution >= 4 is 27.6 Å². The van der Waals surface area contributed by atoms with Crippen LogP contribution in [-0.2, 0) is 24.3 Å². The third kappa shape index (κ3) is 6.13. The molecule has 1 amide bonds. The van der Waals surface area contributed by atoms with Gasteiger partial charge in [0.15, 0.2) is 6.61 Å². The summed E-state index contributed by atoms with van der Waals surface area (Å²) in [7, 11) is -3.90. The standard InChI is InChI=1S/C21H26N2O5S/c1-14(2)20(23-29(26,27)17-10-6-5-7-11-17)21(25)28-13-19(24)22-18-12-8-9-15(3)16(18)4/h5-12,14,20,23H,13H2,1-4H3,(H,22,24). The number of carbonyl (C=O) groups excluding carboxylic acids is 2. The predicted octanol–water partition coefficient (Wildman–Crippen LogP) is 2.79. The van der Waals surface area contributed by atoms with E-state index in [2.05, 4.69) is 10.0 Å². The molecule has 0 aliphatic rings. The van der Waals surface area contributed by atoms with E-state index in [9.17, 15) is 18.0 Å². The Balaban J connectivity index is 2.01. The van der Waals surface area contributed by atoms with Crippen LogP contribution in [0.25, 0.3) is 0 Å². The fourth-order valence-corrected chi connectivity index (χ4v) is 3.94. The lowest BCUT2D eigenvalue weighted by molar-refractivity contribution is -0.150. The van der Waals surface area contributed by atoms with Gasteiger partial charge in [-0.15, -0.1) is 0 Å². The van der Waals surface area contributed by atoms with Crippen LogP contribution >= 0.6 is 0 Å². The Morgan fingerprint density at radius 2 is 1.66 bits per heavy atom. The highest BCUT2D eigenvalue weighted by Crippen LogP contribution is 2.18. The van der Waals surface area contributed by atoms with Gasteiger partial charge in [0.2, 0.25) is 10.0 Å². The van der Waals surface area contributed by atoms with Crippen molar-refractivity contribution in [2.24, 2.45) is 5.92 Å². The number of amides is 1. The summed E-state index contributed by atoms with van der Waals surface area (Å²) in [4.78, 5) is 24.6. The summed E-state index contributed by atoms with van der Waals surface area (Å²) in [6, 6.07) is 12.1. The van der Waals surface area contributed by atoms with E-state index in [-0.39, 0.29) is 10.8 Å². The molecule has 0 saturated carbocycles. The Hall–Kier alpha value is -2.71. The minimum Gasteiger partial charge on any atom is -0.454 e. The van der Waals surface area contributed by atoms with Crippen molar-refractivity contribution in [2.75, 3.05) is 11.9 Å². The second-order valence-corrected chi connectivity index (χ2v) is 8.77. The van der Waals surface area contributed by atoms with Gasteiger partial charge in [-0.05, 0) is 49.1 Å². The van der Waals surface area contributed by atoms with Gasteiger partial charge in [-0.3, -0.25) is 9.59 Å². The van der Waals surface area contributed by atoms with Crippen molar-refractivity contribution in [3.63, 3.8) is 0 Å². The van der Waals surface area contributed by atoms with Crippen molar-refractivity contribution in [3.8, 4) is 0 Å². The minimum absolute atomic E-state index is 0.0473. The molecule has 1 atom stereocenters. The van der Waals surface area contributed by atoms with Crippen LogP contribution in [0.15, 0.2) is 53.4 Å². The predicted molar refractivity (Wildman–Crippen MR) is 111 cm³/mol. The molecule has 8 heteroatoms. The summed E-state index contributed by atoms with van der Waals surface area (Å²) < 4.78 is 32.4. The first kappa shape index (κ1) is 22.6. The highest BCUT2D eigenvalue weighted by molar-refractivity contribution is 7.89. The second-order valence-electron chi connectivity index (χ2n) is 7.06. The maximum absolute atomic E-state index is 12.5. The molecule has 0 fully saturated rings. The monoisotopic (exact) mass is 418 g/mol. The molecule has 0 radical (unpaired) electrons. The number of rotatable bonds is 8. The molecule has 0 aliphatic carbocycles. The maximum atomic E-state index is 12.5. The number of sulfonamides is 1. The number of carbonyl (C=O) groups is 2. The van der Waals surface area contributed by atoms with Crippen LogP contribution in [-0.4, -0.2) is 32.9 Å². The molecular weight excluding hydrogens is 392 g/mol. The molecule has 2 aromatic rings. The topological polar surface area (TPSA) is 102 Å². The largest absolute Gasteiger partial charge is 0.454 e. The normalized spacial score (nSPS) is 12.4. The smallest absolute Gasteiger partial charge is 0.324 e. The van der Waals surface area contributed by atoms with Crippen LogP contribution < -0.4 is 10.0 Å². The van der Waals surface area contributed by atoms with Gasteiger partial charge >= 0.3 is 5.97 Å². The summed E-state index contributed by atoms with van der Waals surface area (Å²) in [5, 5.41) is 2.69. The van der Waals surface area contributed by atoms with Crippen LogP contribution in [0.4, 0.5) is 5.69 Å². The molecule has 0 bridgehead atoms. The first-order valence-electron chi connectivity index (χ1n) is 9.22. The number of benzene rings is 2. The Kier molecular flexibility index (Phi) is 7.53. The van der Waals surface area contributed by atoms with E-state index in [1.165, 1.54) is 12.1 Å². The fraction of sp³-hybridized carbons (Fsp3) is 0.333. The molecule has 2 rings (SSSR count). The molecule has 156 valence electrons. The summed E-state index contributed by atoms with van der Waals surface area (Å²) in [5.74, 6) is -1.68. The van der Waals surface area contributed by atoms with Crippen molar-refractivity contribution < 1.29 is 22.7 Å². The molecule has 0 heterocycles. The molecular formula is C21H26N2O5S. The van der Waals surface area contributed by atoms with E-state index in [0.717, 1.165) is 11.1 Å². The molecule has 2 aromatic carbocycles. The third-order valence-electron chi connectivity index (χ3n) is 4.48. The summed E-state index contributed by atoms with van der Waals surface area (Å²) in [6.45, 7) is 6.68.